The molecule has 0 heterocycles. The molecule has 0 aliphatic carbocycles. The fourth-order valence-electron chi connectivity index (χ4n) is 2.96. The number of hydrogen-bond acceptors (Lipinski definition) is 4. The molecule has 0 aromatic heterocycles. The zero-order valence-corrected chi connectivity index (χ0v) is 19.2. The van der Waals surface area contributed by atoms with E-state index < -0.39 is 17.5 Å². The molecule has 0 amide bonds. The molecule has 0 saturated heterocycles. The molecule has 2 aromatic rings. The number of carboxylic acid groups (broad SMARTS) is 2. The van der Waals surface area contributed by atoms with E-state index in [0.717, 1.165) is 51.4 Å². The second-order valence-corrected chi connectivity index (χ2v) is 7.60. The van der Waals surface area contributed by atoms with Crippen molar-refractivity contribution < 1.29 is 30.0 Å². The van der Waals surface area contributed by atoms with Gasteiger partial charge in [-0.25, -0.2) is 9.59 Å². The van der Waals surface area contributed by atoms with E-state index in [4.69, 9.17) is 15.3 Å². The lowest BCUT2D eigenvalue weighted by molar-refractivity contribution is 0.00472. The Morgan fingerprint density at radius 1 is 0.688 bits per heavy atom. The Hall–Kier alpha value is -2.70. The quantitative estimate of drug-likeness (QED) is 0.355. The van der Waals surface area contributed by atoms with Crippen LogP contribution in [-0.2, 0) is 0 Å². The van der Waals surface area contributed by atoms with Crippen molar-refractivity contribution in [3.8, 4) is 0 Å². The summed E-state index contributed by atoms with van der Waals surface area (Å²) in [6.07, 6.45) is 7.71. The molecule has 4 N–H and O–H groups in total. The monoisotopic (exact) mass is 446 g/mol. The van der Waals surface area contributed by atoms with Crippen molar-refractivity contribution in [2.45, 2.75) is 70.8 Å². The first-order valence-electron chi connectivity index (χ1n) is 11.2. The van der Waals surface area contributed by atoms with Crippen LogP contribution in [0.2, 0.25) is 0 Å². The first-order valence-corrected chi connectivity index (χ1v) is 11.2. The molecule has 0 spiro atoms. The van der Waals surface area contributed by atoms with E-state index >= 15 is 0 Å². The summed E-state index contributed by atoms with van der Waals surface area (Å²) in [5.74, 6) is -1.76. The molecule has 0 bridgehead atoms. The zero-order chi connectivity index (χ0) is 24.2. The predicted molar refractivity (Wildman–Crippen MR) is 127 cm³/mol. The standard InChI is InChI=1S/C12H26O2.2C7H6O2/c1-3-5-8-12(14,9-6-4-2)10-7-11-13;2*8-7(9)6-4-2-1-3-5-6/h13-14H,3-11H2,1-2H3;2*1-5H,(H,8,9). The van der Waals surface area contributed by atoms with Gasteiger partial charge < -0.3 is 20.4 Å². The number of rotatable bonds is 11. The Bertz CT molecular complexity index is 659. The Morgan fingerprint density at radius 3 is 1.28 bits per heavy atom. The van der Waals surface area contributed by atoms with Crippen molar-refractivity contribution >= 4 is 11.9 Å². The van der Waals surface area contributed by atoms with Crippen molar-refractivity contribution in [1.29, 1.82) is 0 Å². The minimum atomic E-state index is -0.879. The molecule has 6 heteroatoms. The first-order chi connectivity index (χ1) is 15.3. The summed E-state index contributed by atoms with van der Waals surface area (Å²) in [5, 5.41) is 35.8. The number of benzene rings is 2. The number of carboxylic acids is 2. The highest BCUT2D eigenvalue weighted by Gasteiger charge is 2.24. The van der Waals surface area contributed by atoms with Crippen LogP contribution in [0.15, 0.2) is 60.7 Å². The predicted octanol–water partition coefficient (Wildman–Crippen LogP) is 5.64. The molecular formula is C26H38O6. The summed E-state index contributed by atoms with van der Waals surface area (Å²) in [4.78, 5) is 20.4. The minimum Gasteiger partial charge on any atom is -0.478 e. The van der Waals surface area contributed by atoms with Gasteiger partial charge in [-0.2, -0.15) is 0 Å². The van der Waals surface area contributed by atoms with Crippen molar-refractivity contribution in [2.24, 2.45) is 0 Å². The van der Waals surface area contributed by atoms with Crippen LogP contribution >= 0.6 is 0 Å². The van der Waals surface area contributed by atoms with Crippen molar-refractivity contribution in [1.82, 2.24) is 0 Å². The van der Waals surface area contributed by atoms with Crippen LogP contribution in [0.5, 0.6) is 0 Å². The van der Waals surface area contributed by atoms with Crippen molar-refractivity contribution in [3.05, 3.63) is 71.8 Å². The van der Waals surface area contributed by atoms with Gasteiger partial charge in [0, 0.05) is 6.61 Å². The Labute approximate surface area is 191 Å². The number of aromatic carboxylic acids is 2. The SMILES string of the molecule is CCCCC(O)(CCCC)CCCO.O=C(O)c1ccccc1.O=C(O)c1ccccc1. The lowest BCUT2D eigenvalue weighted by atomic mass is 9.87. The fourth-order valence-corrected chi connectivity index (χ4v) is 2.96. The van der Waals surface area contributed by atoms with E-state index in [1.165, 1.54) is 0 Å². The minimum absolute atomic E-state index is 0.195. The molecule has 0 saturated carbocycles. The van der Waals surface area contributed by atoms with Gasteiger partial charge in [0.05, 0.1) is 16.7 Å². The Balaban J connectivity index is 0.000000466. The van der Waals surface area contributed by atoms with Crippen LogP contribution in [-0.4, -0.2) is 44.6 Å². The van der Waals surface area contributed by atoms with Crippen molar-refractivity contribution in [2.75, 3.05) is 6.61 Å². The smallest absolute Gasteiger partial charge is 0.335 e. The summed E-state index contributed by atoms with van der Waals surface area (Å²) in [6, 6.07) is 16.6. The number of aliphatic hydroxyl groups is 2. The lowest BCUT2D eigenvalue weighted by Crippen LogP contribution is -2.28. The molecule has 178 valence electrons. The van der Waals surface area contributed by atoms with Gasteiger partial charge >= 0.3 is 11.9 Å². The van der Waals surface area contributed by atoms with E-state index in [-0.39, 0.29) is 6.61 Å². The fraction of sp³-hybridized carbons (Fsp3) is 0.462. The van der Waals surface area contributed by atoms with E-state index in [1.807, 2.05) is 0 Å². The van der Waals surface area contributed by atoms with Gasteiger partial charge in [-0.1, -0.05) is 75.9 Å². The average molecular weight is 447 g/mol. The number of hydrogen-bond donors (Lipinski definition) is 4. The second-order valence-electron chi connectivity index (χ2n) is 7.60. The second kappa shape index (κ2) is 17.9. The molecular weight excluding hydrogens is 408 g/mol. The number of aliphatic hydroxyl groups excluding tert-OH is 1. The van der Waals surface area contributed by atoms with Crippen LogP contribution in [0, 0.1) is 0 Å². The van der Waals surface area contributed by atoms with E-state index in [1.54, 1.807) is 60.7 Å². The Morgan fingerprint density at radius 2 is 1.03 bits per heavy atom. The molecule has 0 radical (unpaired) electrons. The molecule has 0 fully saturated rings. The van der Waals surface area contributed by atoms with Gasteiger partial charge in [0.1, 0.15) is 0 Å². The average Bonchev–Trinajstić information content (AvgIpc) is 2.82. The molecule has 2 aromatic carbocycles. The van der Waals surface area contributed by atoms with Gasteiger partial charge in [-0.05, 0) is 49.9 Å². The van der Waals surface area contributed by atoms with Crippen LogP contribution in [0.1, 0.15) is 85.9 Å². The summed E-state index contributed by atoms with van der Waals surface area (Å²) in [5.41, 5.74) is 0.157. The van der Waals surface area contributed by atoms with Crippen LogP contribution in [0.3, 0.4) is 0 Å². The topological polar surface area (TPSA) is 115 Å². The zero-order valence-electron chi connectivity index (χ0n) is 19.2. The molecule has 2 rings (SSSR count). The summed E-state index contributed by atoms with van der Waals surface area (Å²) >= 11 is 0. The maximum atomic E-state index is 10.3. The van der Waals surface area contributed by atoms with Crippen LogP contribution in [0.4, 0.5) is 0 Å². The van der Waals surface area contributed by atoms with E-state index in [9.17, 15) is 14.7 Å². The highest BCUT2D eigenvalue weighted by molar-refractivity contribution is 5.87. The van der Waals surface area contributed by atoms with Gasteiger partial charge in [0.25, 0.3) is 0 Å². The maximum Gasteiger partial charge on any atom is 0.335 e. The first kappa shape index (κ1) is 29.3. The largest absolute Gasteiger partial charge is 0.478 e. The molecule has 0 aliphatic rings. The third-order valence-corrected chi connectivity index (χ3v) is 4.83. The van der Waals surface area contributed by atoms with Crippen LogP contribution < -0.4 is 0 Å². The highest BCUT2D eigenvalue weighted by Crippen LogP contribution is 2.26. The summed E-state index contributed by atoms with van der Waals surface area (Å²) in [6.45, 7) is 4.49. The Kier molecular flexibility index (Phi) is 16.4. The summed E-state index contributed by atoms with van der Waals surface area (Å²) < 4.78 is 0. The third-order valence-electron chi connectivity index (χ3n) is 4.83. The highest BCUT2D eigenvalue weighted by atomic mass is 16.4. The van der Waals surface area contributed by atoms with Crippen LogP contribution in [0.25, 0.3) is 0 Å². The van der Waals surface area contributed by atoms with Gasteiger partial charge in [0.15, 0.2) is 0 Å². The molecule has 0 unspecified atom stereocenters. The lowest BCUT2D eigenvalue weighted by Gasteiger charge is -2.28. The molecule has 0 aliphatic heterocycles. The molecule has 0 atom stereocenters. The van der Waals surface area contributed by atoms with E-state index in [0.29, 0.717) is 11.1 Å². The van der Waals surface area contributed by atoms with Gasteiger partial charge in [0.2, 0.25) is 0 Å². The van der Waals surface area contributed by atoms with E-state index in [2.05, 4.69) is 13.8 Å². The van der Waals surface area contributed by atoms with Gasteiger partial charge in [-0.3, -0.25) is 0 Å². The number of carbonyl (C=O) groups is 2. The molecule has 6 nitrogen and oxygen atoms in total. The third kappa shape index (κ3) is 14.3. The summed E-state index contributed by atoms with van der Waals surface area (Å²) in [7, 11) is 0. The number of unbranched alkanes of at least 4 members (excludes halogenated alkanes) is 2. The van der Waals surface area contributed by atoms with Gasteiger partial charge in [-0.15, -0.1) is 0 Å². The normalized spacial score (nSPS) is 10.2. The molecule has 32 heavy (non-hydrogen) atoms. The van der Waals surface area contributed by atoms with Crippen molar-refractivity contribution in [3.63, 3.8) is 0 Å². The maximum absolute atomic E-state index is 10.3.